The average Bonchev–Trinajstić information content (AvgIpc) is 3.62. The number of carboxylic acids is 1. The standard InChI is InChI=1S/C42H52N6O9S/c1-5-34(49)46-40-44-31(22-58-40)30-19-33(28-17-23(2)36(55-4)24(3)35(28)43-30)56-27-18-32-37(50)47-42(39(52)53)20-25(42)13-9-7-6-8-10-16-29(38(51)48(32)21-27)45-41(54)57-26-14-11-12-15-26/h9,13,17,19,22,25-27,29,32H,5-8,10-12,14-16,18,20-21H2,1-4H3,(H,45,54)(H,47,50)(H,52,53)(H,44,46,49)/b13-9-/t25-,27-,29+,32+,42-/m1/s1. The second-order valence-electron chi connectivity index (χ2n) is 15.8. The lowest BCUT2D eigenvalue weighted by molar-refractivity contribution is -0.145. The van der Waals surface area contributed by atoms with Crippen LogP contribution in [-0.4, -0.2) is 93.2 Å². The van der Waals surface area contributed by atoms with Crippen LogP contribution in [0.4, 0.5) is 9.93 Å². The summed E-state index contributed by atoms with van der Waals surface area (Å²) in [7, 11) is 1.60. The number of anilines is 1. The zero-order chi connectivity index (χ0) is 41.1. The van der Waals surface area contributed by atoms with Crippen LogP contribution in [0.25, 0.3) is 22.3 Å². The van der Waals surface area contributed by atoms with Gasteiger partial charge in [-0.1, -0.05) is 31.9 Å². The summed E-state index contributed by atoms with van der Waals surface area (Å²) in [6.45, 7) is 5.58. The zero-order valence-electron chi connectivity index (χ0n) is 33.4. The number of pyridine rings is 1. The van der Waals surface area contributed by atoms with Crippen LogP contribution in [0, 0.1) is 19.8 Å². The number of aromatic nitrogens is 2. The summed E-state index contributed by atoms with van der Waals surface area (Å²) in [5.74, 6) is -1.62. The zero-order valence-corrected chi connectivity index (χ0v) is 34.2. The van der Waals surface area contributed by atoms with E-state index in [2.05, 4.69) is 20.9 Å². The molecule has 2 saturated carbocycles. The van der Waals surface area contributed by atoms with Crippen molar-refractivity contribution in [1.29, 1.82) is 0 Å². The summed E-state index contributed by atoms with van der Waals surface area (Å²) in [4.78, 5) is 77.8. The highest BCUT2D eigenvalue weighted by Crippen LogP contribution is 2.46. The van der Waals surface area contributed by atoms with Crippen LogP contribution < -0.4 is 25.4 Å². The maximum absolute atomic E-state index is 14.6. The summed E-state index contributed by atoms with van der Waals surface area (Å²) in [6, 6.07) is 1.62. The molecule has 5 atom stereocenters. The molecule has 1 saturated heterocycles. The Hall–Kier alpha value is -5.25. The van der Waals surface area contributed by atoms with Gasteiger partial charge in [-0.05, 0) is 76.8 Å². The van der Waals surface area contributed by atoms with E-state index in [1.165, 1.54) is 16.2 Å². The van der Waals surface area contributed by atoms with Crippen LogP contribution in [-0.2, 0) is 23.9 Å². The van der Waals surface area contributed by atoms with Crippen LogP contribution in [0.2, 0.25) is 0 Å². The van der Waals surface area contributed by atoms with E-state index < -0.39 is 47.6 Å². The smallest absolute Gasteiger partial charge is 0.408 e. The molecule has 2 aromatic heterocycles. The SMILES string of the molecule is CCC(=O)Nc1nc(-c2cc(O[C@@H]3C[C@H]4C(=O)N[C@]5(C(=O)O)C[C@H]5/C=C\CCCCC[C@H](NC(=O)OC5CCCC5)C(=O)N4C3)c3cc(C)c(OC)c(C)c3n2)cs1. The van der Waals surface area contributed by atoms with Gasteiger partial charge in [0, 0.05) is 41.2 Å². The van der Waals surface area contributed by atoms with E-state index in [-0.39, 0.29) is 37.3 Å². The number of fused-ring (bicyclic) bond motifs is 3. The average molecular weight is 817 g/mol. The third-order valence-electron chi connectivity index (χ3n) is 11.8. The Balaban J connectivity index is 1.23. The molecule has 3 fully saturated rings. The van der Waals surface area contributed by atoms with Gasteiger partial charge in [0.25, 0.3) is 0 Å². The largest absolute Gasteiger partial charge is 0.496 e. The number of thiazole rings is 1. The molecule has 3 aromatic rings. The molecule has 310 valence electrons. The van der Waals surface area contributed by atoms with Crippen molar-refractivity contribution in [3.8, 4) is 22.9 Å². The molecule has 7 rings (SSSR count). The minimum absolute atomic E-state index is 0.00660. The Labute approximate surface area is 341 Å². The van der Waals surface area contributed by atoms with Gasteiger partial charge < -0.3 is 40.2 Å². The number of rotatable bonds is 9. The number of hydrogen-bond acceptors (Lipinski definition) is 11. The number of carboxylic acid groups (broad SMARTS) is 1. The molecule has 2 aliphatic carbocycles. The minimum atomic E-state index is -1.47. The number of aryl methyl sites for hydroxylation is 2. The van der Waals surface area contributed by atoms with Gasteiger partial charge in [0.05, 0.1) is 24.9 Å². The quantitative estimate of drug-likeness (QED) is 0.180. The highest BCUT2D eigenvalue weighted by atomic mass is 32.1. The van der Waals surface area contributed by atoms with Gasteiger partial charge in [0.2, 0.25) is 17.7 Å². The molecular weight excluding hydrogens is 765 g/mol. The number of ether oxygens (including phenoxy) is 3. The van der Waals surface area contributed by atoms with Gasteiger partial charge in [0.15, 0.2) is 5.13 Å². The van der Waals surface area contributed by atoms with Gasteiger partial charge in [0.1, 0.15) is 47.0 Å². The van der Waals surface area contributed by atoms with Crippen molar-refractivity contribution in [3.05, 3.63) is 40.8 Å². The Morgan fingerprint density at radius 1 is 1.03 bits per heavy atom. The summed E-state index contributed by atoms with van der Waals surface area (Å²) in [5, 5.41) is 21.6. The highest BCUT2D eigenvalue weighted by molar-refractivity contribution is 7.14. The molecule has 0 radical (unpaired) electrons. The van der Waals surface area contributed by atoms with E-state index in [1.807, 2.05) is 32.1 Å². The molecule has 4 N–H and O–H groups in total. The topological polar surface area (TPSA) is 198 Å². The number of alkyl carbamates (subject to hydrolysis) is 1. The van der Waals surface area contributed by atoms with Crippen LogP contribution in [0.5, 0.6) is 11.5 Å². The van der Waals surface area contributed by atoms with E-state index in [0.29, 0.717) is 58.2 Å². The molecule has 16 heteroatoms. The lowest BCUT2D eigenvalue weighted by Crippen LogP contribution is -2.56. The summed E-state index contributed by atoms with van der Waals surface area (Å²) < 4.78 is 18.2. The van der Waals surface area contributed by atoms with Crippen molar-refractivity contribution < 1.29 is 43.3 Å². The fraction of sp³-hybridized carbons (Fsp3) is 0.548. The number of aliphatic carboxylic acids is 1. The Kier molecular flexibility index (Phi) is 12.2. The third kappa shape index (κ3) is 8.61. The normalized spacial score (nSPS) is 25.8. The molecule has 15 nitrogen and oxygen atoms in total. The number of amides is 4. The maximum Gasteiger partial charge on any atom is 0.408 e. The monoisotopic (exact) mass is 816 g/mol. The molecule has 4 aliphatic rings. The van der Waals surface area contributed by atoms with Gasteiger partial charge >= 0.3 is 12.1 Å². The van der Waals surface area contributed by atoms with E-state index in [9.17, 15) is 29.1 Å². The van der Waals surface area contributed by atoms with Crippen LogP contribution in [0.3, 0.4) is 0 Å². The number of nitrogens with zero attached hydrogens (tertiary/aromatic N) is 3. The second-order valence-corrected chi connectivity index (χ2v) is 16.7. The molecule has 0 spiro atoms. The van der Waals surface area contributed by atoms with Gasteiger partial charge in [-0.15, -0.1) is 11.3 Å². The molecule has 58 heavy (non-hydrogen) atoms. The maximum atomic E-state index is 14.6. The molecular formula is C42H52N6O9S. The van der Waals surface area contributed by atoms with Crippen molar-refractivity contribution in [1.82, 2.24) is 25.5 Å². The fourth-order valence-electron chi connectivity index (χ4n) is 8.50. The molecule has 0 unspecified atom stereocenters. The Morgan fingerprint density at radius 2 is 1.81 bits per heavy atom. The number of carbonyl (C=O) groups excluding carboxylic acids is 4. The van der Waals surface area contributed by atoms with Gasteiger partial charge in [-0.3, -0.25) is 14.4 Å². The predicted octanol–water partition coefficient (Wildman–Crippen LogP) is 6.20. The lowest BCUT2D eigenvalue weighted by Gasteiger charge is -2.29. The van der Waals surface area contributed by atoms with Crippen LogP contribution >= 0.6 is 11.3 Å². The first-order valence-corrected chi connectivity index (χ1v) is 21.2. The van der Waals surface area contributed by atoms with Crippen molar-refractivity contribution in [2.45, 2.75) is 128 Å². The van der Waals surface area contributed by atoms with E-state index in [1.54, 1.807) is 25.5 Å². The molecule has 4 amide bonds. The fourth-order valence-corrected chi connectivity index (χ4v) is 9.22. The Bertz CT molecular complexity index is 2120. The molecule has 1 aromatic carbocycles. The van der Waals surface area contributed by atoms with Crippen LogP contribution in [0.15, 0.2) is 29.7 Å². The minimum Gasteiger partial charge on any atom is -0.496 e. The number of nitrogens with one attached hydrogen (secondary N) is 3. The lowest BCUT2D eigenvalue weighted by atomic mass is 10.0. The van der Waals surface area contributed by atoms with Crippen LogP contribution in [0.1, 0.15) is 95.1 Å². The summed E-state index contributed by atoms with van der Waals surface area (Å²) in [6.07, 6.45) is 9.70. The first-order chi connectivity index (χ1) is 27.9. The Morgan fingerprint density at radius 3 is 2.55 bits per heavy atom. The van der Waals surface area contributed by atoms with Gasteiger partial charge in [-0.25, -0.2) is 19.6 Å². The van der Waals surface area contributed by atoms with E-state index in [0.717, 1.165) is 56.1 Å². The number of carbonyl (C=O) groups is 5. The summed E-state index contributed by atoms with van der Waals surface area (Å²) in [5.41, 5.74) is 1.75. The molecule has 0 bridgehead atoms. The molecule has 2 aliphatic heterocycles. The first-order valence-electron chi connectivity index (χ1n) is 20.3. The molecule has 4 heterocycles. The summed E-state index contributed by atoms with van der Waals surface area (Å²) >= 11 is 1.27. The first kappa shape index (κ1) is 40.9. The second kappa shape index (κ2) is 17.3. The van der Waals surface area contributed by atoms with Crippen molar-refractivity contribution in [2.24, 2.45) is 5.92 Å². The number of benzene rings is 1. The van der Waals surface area contributed by atoms with Crippen molar-refractivity contribution >= 4 is 57.2 Å². The predicted molar refractivity (Wildman–Crippen MR) is 217 cm³/mol. The number of allylic oxidation sites excluding steroid dienone is 1. The van der Waals surface area contributed by atoms with E-state index >= 15 is 0 Å². The van der Waals surface area contributed by atoms with E-state index in [4.69, 9.17) is 19.2 Å². The van der Waals surface area contributed by atoms with Gasteiger partial charge in [-0.2, -0.15) is 0 Å². The third-order valence-corrected chi connectivity index (χ3v) is 12.5. The van der Waals surface area contributed by atoms with Crippen molar-refractivity contribution in [3.63, 3.8) is 0 Å². The van der Waals surface area contributed by atoms with Crippen molar-refractivity contribution in [2.75, 3.05) is 19.0 Å². The number of hydrogen-bond donors (Lipinski definition) is 4. The highest BCUT2D eigenvalue weighted by Gasteiger charge is 2.61. The number of methoxy groups -OCH3 is 1.